The van der Waals surface area contributed by atoms with Crippen LogP contribution >= 0.6 is 0 Å². The number of hydrogen-bond acceptors (Lipinski definition) is 8. The Hall–Kier alpha value is -3.13. The van der Waals surface area contributed by atoms with E-state index in [9.17, 15) is 0 Å². The van der Waals surface area contributed by atoms with E-state index in [2.05, 4.69) is 35.1 Å². The van der Waals surface area contributed by atoms with Crippen molar-refractivity contribution < 1.29 is 0 Å². The van der Waals surface area contributed by atoms with Gasteiger partial charge in [0.15, 0.2) is 5.82 Å². The van der Waals surface area contributed by atoms with Gasteiger partial charge in [0.1, 0.15) is 0 Å². The lowest BCUT2D eigenvalue weighted by molar-refractivity contribution is 0.254. The molecule has 0 amide bonds. The number of nitrogens with two attached hydrogens (primary N) is 1. The lowest BCUT2D eigenvalue weighted by Gasteiger charge is -2.23. The molecule has 8 nitrogen and oxygen atoms in total. The van der Waals surface area contributed by atoms with Crippen LogP contribution in [0.2, 0.25) is 0 Å². The molecule has 26 heavy (non-hydrogen) atoms. The summed E-state index contributed by atoms with van der Waals surface area (Å²) in [5.41, 5.74) is 7.73. The first-order valence-electron chi connectivity index (χ1n) is 8.40. The third-order valence-corrected chi connectivity index (χ3v) is 4.07. The number of benzene rings is 1. The van der Waals surface area contributed by atoms with Gasteiger partial charge in [0.05, 0.1) is 11.7 Å². The number of hydrogen-bond donors (Lipinski definition) is 2. The van der Waals surface area contributed by atoms with Gasteiger partial charge in [-0.1, -0.05) is 18.2 Å². The normalized spacial score (nSPS) is 12.1. The Kier molecular flexibility index (Phi) is 5.65. The van der Waals surface area contributed by atoms with E-state index in [-0.39, 0.29) is 12.0 Å². The predicted octanol–water partition coefficient (Wildman–Crippen LogP) is 2.22. The van der Waals surface area contributed by atoms with Crippen LogP contribution < -0.4 is 11.1 Å². The van der Waals surface area contributed by atoms with Gasteiger partial charge in [-0.2, -0.15) is 15.0 Å². The van der Waals surface area contributed by atoms with E-state index in [1.165, 1.54) is 0 Å². The summed E-state index contributed by atoms with van der Waals surface area (Å²) in [5.74, 6) is 1.26. The smallest absolute Gasteiger partial charge is 0.232 e. The average molecular weight is 350 g/mol. The first-order valence-corrected chi connectivity index (χ1v) is 8.40. The van der Waals surface area contributed by atoms with Gasteiger partial charge in [0, 0.05) is 37.2 Å². The van der Waals surface area contributed by atoms with Crippen molar-refractivity contribution >= 4 is 17.6 Å². The van der Waals surface area contributed by atoms with E-state index in [0.29, 0.717) is 11.8 Å². The maximum Gasteiger partial charge on any atom is 0.232 e. The maximum atomic E-state index is 5.88. The second-order valence-electron chi connectivity index (χ2n) is 5.97. The number of likely N-dealkylation sites (N-methyl/N-ethyl adjacent to an activating group) is 1. The molecule has 3 rings (SSSR count). The molecule has 1 atom stereocenters. The highest BCUT2D eigenvalue weighted by atomic mass is 15.2. The van der Waals surface area contributed by atoms with Gasteiger partial charge in [-0.25, -0.2) is 0 Å². The van der Waals surface area contributed by atoms with Crippen LogP contribution in [0, 0.1) is 0 Å². The monoisotopic (exact) mass is 350 g/mol. The van der Waals surface area contributed by atoms with Crippen LogP contribution in [0.4, 0.5) is 17.6 Å². The fourth-order valence-electron chi connectivity index (χ4n) is 2.44. The highest BCUT2D eigenvalue weighted by Gasteiger charge is 2.17. The first kappa shape index (κ1) is 17.7. The lowest BCUT2D eigenvalue weighted by atomic mass is 10.2. The van der Waals surface area contributed by atoms with Crippen molar-refractivity contribution in [3.63, 3.8) is 0 Å². The van der Waals surface area contributed by atoms with Gasteiger partial charge in [-0.3, -0.25) is 14.9 Å². The van der Waals surface area contributed by atoms with Gasteiger partial charge in [0.2, 0.25) is 11.9 Å². The summed E-state index contributed by atoms with van der Waals surface area (Å²) in [6.45, 7) is 2.84. The third kappa shape index (κ3) is 4.70. The topological polar surface area (TPSA) is 106 Å². The molecule has 0 radical (unpaired) electrons. The van der Waals surface area contributed by atoms with Crippen LogP contribution in [-0.4, -0.2) is 43.4 Å². The Bertz CT molecular complexity index is 825. The summed E-state index contributed by atoms with van der Waals surface area (Å²) >= 11 is 0. The van der Waals surface area contributed by atoms with Gasteiger partial charge in [0.25, 0.3) is 0 Å². The van der Waals surface area contributed by atoms with E-state index < -0.39 is 0 Å². The Morgan fingerprint density at radius 3 is 2.65 bits per heavy atom. The van der Waals surface area contributed by atoms with Gasteiger partial charge in [-0.15, -0.1) is 0 Å². The summed E-state index contributed by atoms with van der Waals surface area (Å²) in [5, 5.41) is 3.16. The van der Waals surface area contributed by atoms with Crippen LogP contribution in [-0.2, 0) is 6.42 Å². The molecule has 0 aliphatic carbocycles. The maximum absolute atomic E-state index is 5.88. The van der Waals surface area contributed by atoms with E-state index >= 15 is 0 Å². The molecule has 0 bridgehead atoms. The third-order valence-electron chi connectivity index (χ3n) is 4.07. The molecule has 0 aliphatic heterocycles. The molecule has 3 N–H and O–H groups in total. The number of rotatable bonds is 7. The zero-order chi connectivity index (χ0) is 18.4. The average Bonchev–Trinajstić information content (AvgIpc) is 2.66. The molecular weight excluding hydrogens is 328 g/mol. The van der Waals surface area contributed by atoms with Gasteiger partial charge in [-0.05, 0) is 26.1 Å². The molecule has 2 heterocycles. The van der Waals surface area contributed by atoms with Gasteiger partial charge >= 0.3 is 0 Å². The molecular formula is C18H22N8. The van der Waals surface area contributed by atoms with E-state index in [1.54, 1.807) is 18.6 Å². The zero-order valence-electron chi connectivity index (χ0n) is 14.9. The molecule has 0 aliphatic rings. The van der Waals surface area contributed by atoms with Crippen molar-refractivity contribution in [3.8, 4) is 0 Å². The molecule has 8 heteroatoms. The highest BCUT2D eigenvalue weighted by Crippen LogP contribution is 2.19. The second-order valence-corrected chi connectivity index (χ2v) is 5.97. The Balaban J connectivity index is 1.69. The molecule has 2 aromatic heterocycles. The number of nitrogens with one attached hydrogen (secondary N) is 1. The van der Waals surface area contributed by atoms with Crippen LogP contribution in [0.25, 0.3) is 0 Å². The predicted molar refractivity (Wildman–Crippen MR) is 101 cm³/mol. The number of nitrogen functional groups attached to an aromatic ring is 1. The summed E-state index contributed by atoms with van der Waals surface area (Å²) in [6.07, 6.45) is 5.95. The number of anilines is 3. The van der Waals surface area contributed by atoms with Crippen molar-refractivity contribution in [2.45, 2.75) is 19.4 Å². The molecule has 1 unspecified atom stereocenters. The fourth-order valence-corrected chi connectivity index (χ4v) is 2.44. The number of para-hydroxylation sites is 1. The molecule has 0 spiro atoms. The van der Waals surface area contributed by atoms with Crippen LogP contribution in [0.15, 0.2) is 48.9 Å². The Labute approximate surface area is 152 Å². The van der Waals surface area contributed by atoms with E-state index in [1.807, 2.05) is 44.3 Å². The van der Waals surface area contributed by atoms with E-state index in [4.69, 9.17) is 5.73 Å². The zero-order valence-corrected chi connectivity index (χ0v) is 14.9. The highest BCUT2D eigenvalue weighted by molar-refractivity contribution is 5.53. The molecule has 134 valence electrons. The molecule has 0 saturated carbocycles. The van der Waals surface area contributed by atoms with Crippen LogP contribution in [0.3, 0.4) is 0 Å². The largest absolute Gasteiger partial charge is 0.368 e. The molecule has 3 aromatic rings. The van der Waals surface area contributed by atoms with E-state index in [0.717, 1.165) is 24.3 Å². The Morgan fingerprint density at radius 1 is 1.12 bits per heavy atom. The minimum absolute atomic E-state index is 0.0201. The van der Waals surface area contributed by atoms with Crippen LogP contribution in [0.1, 0.15) is 24.5 Å². The standard InChI is InChI=1S/C18H22N8/c1-13(26(2)11-8-15-12-20-9-10-21-15)16-23-17(19)25-18(24-16)22-14-6-4-3-5-7-14/h3-7,9-10,12-13H,8,11H2,1-2H3,(H3,19,22,23,24,25). The quantitative estimate of drug-likeness (QED) is 0.668. The SMILES string of the molecule is CC(c1nc(N)nc(Nc2ccccc2)n1)N(C)CCc1cnccn1. The summed E-state index contributed by atoms with van der Waals surface area (Å²) < 4.78 is 0. The van der Waals surface area contributed by atoms with Crippen molar-refractivity contribution in [1.82, 2.24) is 29.8 Å². The summed E-state index contributed by atoms with van der Waals surface area (Å²) in [6, 6.07) is 9.69. The molecule has 1 aromatic carbocycles. The second kappa shape index (κ2) is 8.30. The minimum atomic E-state index is -0.0201. The van der Waals surface area contributed by atoms with Gasteiger partial charge < -0.3 is 11.1 Å². The van der Waals surface area contributed by atoms with Crippen molar-refractivity contribution in [2.75, 3.05) is 24.6 Å². The Morgan fingerprint density at radius 2 is 1.92 bits per heavy atom. The van der Waals surface area contributed by atoms with Crippen LogP contribution in [0.5, 0.6) is 0 Å². The summed E-state index contributed by atoms with van der Waals surface area (Å²) in [4.78, 5) is 23.5. The number of nitrogens with zero attached hydrogens (tertiary/aromatic N) is 6. The van der Waals surface area contributed by atoms with Crippen molar-refractivity contribution in [1.29, 1.82) is 0 Å². The first-order chi connectivity index (χ1) is 12.6. The number of aromatic nitrogens is 5. The minimum Gasteiger partial charge on any atom is -0.368 e. The fraction of sp³-hybridized carbons (Fsp3) is 0.278. The summed E-state index contributed by atoms with van der Waals surface area (Å²) in [7, 11) is 2.02. The van der Waals surface area contributed by atoms with Crippen molar-refractivity contribution in [3.05, 3.63) is 60.4 Å². The van der Waals surface area contributed by atoms with Crippen molar-refractivity contribution in [2.24, 2.45) is 0 Å². The molecule has 0 saturated heterocycles. The molecule has 0 fully saturated rings. The lowest BCUT2D eigenvalue weighted by Crippen LogP contribution is -2.27.